The molecule has 1 aromatic rings. The van der Waals surface area contributed by atoms with Crippen LogP contribution in [0.15, 0.2) is 18.2 Å². The van der Waals surface area contributed by atoms with Gasteiger partial charge in [-0.25, -0.2) is 0 Å². The van der Waals surface area contributed by atoms with E-state index in [0.717, 1.165) is 17.0 Å². The molecule has 1 aliphatic rings. The Labute approximate surface area is 127 Å². The minimum Gasteiger partial charge on any atom is -0.496 e. The Hall–Kier alpha value is -1.26. The van der Waals surface area contributed by atoms with Gasteiger partial charge in [0.2, 0.25) is 0 Å². The standard InChI is InChI=1S/C17H28N2O2/c1-13(18)17-15(9-6-10-16(17)21-2)19(11-12-20)14-7-4-3-5-8-14/h6,9-10,13-14,20H,3-5,7-8,11-12,18H2,1-2H3/t13-/m0/s1. The van der Waals surface area contributed by atoms with Crippen molar-refractivity contribution in [2.24, 2.45) is 5.73 Å². The number of methoxy groups -OCH3 is 1. The van der Waals surface area contributed by atoms with Crippen LogP contribution in [0.25, 0.3) is 0 Å². The molecule has 0 spiro atoms. The predicted octanol–water partition coefficient (Wildman–Crippen LogP) is 2.85. The van der Waals surface area contributed by atoms with Crippen molar-refractivity contribution in [1.29, 1.82) is 0 Å². The number of ether oxygens (including phenoxy) is 1. The van der Waals surface area contributed by atoms with E-state index in [1.807, 2.05) is 19.1 Å². The lowest BCUT2D eigenvalue weighted by Crippen LogP contribution is -2.39. The molecule has 2 rings (SSSR count). The van der Waals surface area contributed by atoms with Crippen LogP contribution in [0.3, 0.4) is 0 Å². The molecule has 0 heterocycles. The third kappa shape index (κ3) is 3.69. The Kier molecular flexibility index (Phi) is 5.88. The van der Waals surface area contributed by atoms with Gasteiger partial charge in [-0.2, -0.15) is 0 Å². The van der Waals surface area contributed by atoms with Gasteiger partial charge in [-0.05, 0) is 31.9 Å². The molecule has 0 aromatic heterocycles. The fraction of sp³-hybridized carbons (Fsp3) is 0.647. The van der Waals surface area contributed by atoms with E-state index in [2.05, 4.69) is 11.0 Å². The molecule has 21 heavy (non-hydrogen) atoms. The summed E-state index contributed by atoms with van der Waals surface area (Å²) >= 11 is 0. The van der Waals surface area contributed by atoms with Crippen molar-refractivity contribution in [3.63, 3.8) is 0 Å². The Morgan fingerprint density at radius 2 is 2.05 bits per heavy atom. The Balaban J connectivity index is 2.38. The first-order chi connectivity index (χ1) is 10.2. The maximum Gasteiger partial charge on any atom is 0.125 e. The first-order valence-electron chi connectivity index (χ1n) is 7.99. The molecule has 3 N–H and O–H groups in total. The lowest BCUT2D eigenvalue weighted by molar-refractivity contribution is 0.289. The number of hydrogen-bond acceptors (Lipinski definition) is 4. The second kappa shape index (κ2) is 7.66. The first-order valence-corrected chi connectivity index (χ1v) is 7.99. The molecular weight excluding hydrogens is 264 g/mol. The summed E-state index contributed by atoms with van der Waals surface area (Å²) in [5.74, 6) is 0.834. The van der Waals surface area contributed by atoms with Crippen molar-refractivity contribution in [3.05, 3.63) is 23.8 Å². The molecular formula is C17H28N2O2. The topological polar surface area (TPSA) is 58.7 Å². The molecule has 0 saturated heterocycles. The summed E-state index contributed by atoms with van der Waals surface area (Å²) in [6.07, 6.45) is 6.24. The van der Waals surface area contributed by atoms with Crippen molar-refractivity contribution < 1.29 is 9.84 Å². The quantitative estimate of drug-likeness (QED) is 0.846. The summed E-state index contributed by atoms with van der Waals surface area (Å²) in [5.41, 5.74) is 8.34. The van der Waals surface area contributed by atoms with E-state index in [-0.39, 0.29) is 12.6 Å². The number of anilines is 1. The zero-order valence-corrected chi connectivity index (χ0v) is 13.2. The highest BCUT2D eigenvalue weighted by atomic mass is 16.5. The van der Waals surface area contributed by atoms with E-state index >= 15 is 0 Å². The predicted molar refractivity (Wildman–Crippen MR) is 86.9 cm³/mol. The second-order valence-electron chi connectivity index (χ2n) is 5.89. The van der Waals surface area contributed by atoms with E-state index in [1.54, 1.807) is 7.11 Å². The largest absolute Gasteiger partial charge is 0.496 e. The van der Waals surface area contributed by atoms with Crippen LogP contribution in [-0.4, -0.2) is 31.4 Å². The number of nitrogens with zero attached hydrogens (tertiary/aromatic N) is 1. The van der Waals surface area contributed by atoms with E-state index < -0.39 is 0 Å². The summed E-state index contributed by atoms with van der Waals surface area (Å²) in [5, 5.41) is 9.48. The van der Waals surface area contributed by atoms with Crippen LogP contribution in [0, 0.1) is 0 Å². The monoisotopic (exact) mass is 292 g/mol. The smallest absolute Gasteiger partial charge is 0.125 e. The number of hydrogen-bond donors (Lipinski definition) is 2. The van der Waals surface area contributed by atoms with Gasteiger partial charge in [0.05, 0.1) is 13.7 Å². The maximum absolute atomic E-state index is 9.48. The molecule has 0 aliphatic heterocycles. The lowest BCUT2D eigenvalue weighted by atomic mass is 9.92. The average molecular weight is 292 g/mol. The van der Waals surface area contributed by atoms with Crippen molar-refractivity contribution in [2.45, 2.75) is 51.1 Å². The first kappa shape index (κ1) is 16.1. The number of nitrogens with two attached hydrogens (primary N) is 1. The molecule has 0 unspecified atom stereocenters. The molecule has 118 valence electrons. The third-order valence-electron chi connectivity index (χ3n) is 4.38. The molecule has 4 nitrogen and oxygen atoms in total. The van der Waals surface area contributed by atoms with Crippen LogP contribution >= 0.6 is 0 Å². The van der Waals surface area contributed by atoms with Crippen LogP contribution in [0.4, 0.5) is 5.69 Å². The molecule has 0 bridgehead atoms. The van der Waals surface area contributed by atoms with Gasteiger partial charge in [0.25, 0.3) is 0 Å². The van der Waals surface area contributed by atoms with Gasteiger partial charge in [0.1, 0.15) is 5.75 Å². The molecule has 1 fully saturated rings. The van der Waals surface area contributed by atoms with Crippen LogP contribution in [0.5, 0.6) is 5.75 Å². The number of aliphatic hydroxyl groups is 1. The lowest BCUT2D eigenvalue weighted by Gasteiger charge is -2.37. The molecule has 0 amide bonds. The number of benzene rings is 1. The average Bonchev–Trinajstić information content (AvgIpc) is 2.52. The van der Waals surface area contributed by atoms with Gasteiger partial charge in [-0.1, -0.05) is 25.3 Å². The highest BCUT2D eigenvalue weighted by Gasteiger charge is 2.25. The highest BCUT2D eigenvalue weighted by molar-refractivity contribution is 5.61. The molecule has 1 aromatic carbocycles. The van der Waals surface area contributed by atoms with Crippen LogP contribution in [0.2, 0.25) is 0 Å². The van der Waals surface area contributed by atoms with Gasteiger partial charge in [0, 0.05) is 29.9 Å². The zero-order valence-electron chi connectivity index (χ0n) is 13.2. The van der Waals surface area contributed by atoms with Crippen LogP contribution < -0.4 is 15.4 Å². The van der Waals surface area contributed by atoms with Gasteiger partial charge in [-0.3, -0.25) is 0 Å². The van der Waals surface area contributed by atoms with Crippen molar-refractivity contribution in [1.82, 2.24) is 0 Å². The summed E-state index contributed by atoms with van der Waals surface area (Å²) in [7, 11) is 1.68. The Morgan fingerprint density at radius 1 is 1.33 bits per heavy atom. The molecule has 1 aliphatic carbocycles. The van der Waals surface area contributed by atoms with E-state index in [4.69, 9.17) is 10.5 Å². The minimum atomic E-state index is -0.0964. The van der Waals surface area contributed by atoms with Crippen LogP contribution in [-0.2, 0) is 0 Å². The summed E-state index contributed by atoms with van der Waals surface area (Å²) in [6.45, 7) is 2.79. The second-order valence-corrected chi connectivity index (χ2v) is 5.89. The van der Waals surface area contributed by atoms with E-state index in [9.17, 15) is 5.11 Å². The fourth-order valence-corrected chi connectivity index (χ4v) is 3.42. The van der Waals surface area contributed by atoms with Crippen molar-refractivity contribution in [3.8, 4) is 5.75 Å². The molecule has 4 heteroatoms. The highest BCUT2D eigenvalue weighted by Crippen LogP contribution is 2.36. The SMILES string of the molecule is COc1cccc(N(CCO)C2CCCCC2)c1[C@H](C)N. The molecule has 1 saturated carbocycles. The third-order valence-corrected chi connectivity index (χ3v) is 4.38. The van der Waals surface area contributed by atoms with Crippen LogP contribution in [0.1, 0.15) is 50.6 Å². The van der Waals surface area contributed by atoms with Crippen molar-refractivity contribution in [2.75, 3.05) is 25.2 Å². The van der Waals surface area contributed by atoms with Gasteiger partial charge >= 0.3 is 0 Å². The van der Waals surface area contributed by atoms with Gasteiger partial charge in [0.15, 0.2) is 0 Å². The molecule has 1 atom stereocenters. The Bertz CT molecular complexity index is 442. The fourth-order valence-electron chi connectivity index (χ4n) is 3.42. The number of rotatable bonds is 6. The zero-order chi connectivity index (χ0) is 15.2. The summed E-state index contributed by atoms with van der Waals surface area (Å²) < 4.78 is 5.49. The maximum atomic E-state index is 9.48. The summed E-state index contributed by atoms with van der Waals surface area (Å²) in [6, 6.07) is 6.47. The van der Waals surface area contributed by atoms with Crippen molar-refractivity contribution >= 4 is 5.69 Å². The Morgan fingerprint density at radius 3 is 2.62 bits per heavy atom. The van der Waals surface area contributed by atoms with E-state index in [0.29, 0.717) is 12.6 Å². The molecule has 0 radical (unpaired) electrons. The van der Waals surface area contributed by atoms with Gasteiger partial charge in [-0.15, -0.1) is 0 Å². The minimum absolute atomic E-state index is 0.0964. The normalized spacial score (nSPS) is 17.5. The summed E-state index contributed by atoms with van der Waals surface area (Å²) in [4.78, 5) is 2.33. The van der Waals surface area contributed by atoms with Gasteiger partial charge < -0.3 is 20.5 Å². The number of aliphatic hydroxyl groups excluding tert-OH is 1. The van der Waals surface area contributed by atoms with E-state index in [1.165, 1.54) is 32.1 Å².